The van der Waals surface area contributed by atoms with E-state index in [-0.39, 0.29) is 29.6 Å². The number of hydrogen-bond acceptors (Lipinski definition) is 6. The quantitative estimate of drug-likeness (QED) is 0.562. The van der Waals surface area contributed by atoms with Crippen molar-refractivity contribution in [2.75, 3.05) is 0 Å². The van der Waals surface area contributed by atoms with E-state index in [1.54, 1.807) is 31.2 Å². The topological polar surface area (TPSA) is 102 Å². The number of aliphatic hydroxyl groups excluding tert-OH is 1. The van der Waals surface area contributed by atoms with Gasteiger partial charge in [-0.25, -0.2) is 0 Å². The first kappa shape index (κ1) is 22.9. The molecule has 0 aliphatic carbocycles. The molecule has 4 rings (SSSR count). The van der Waals surface area contributed by atoms with E-state index < -0.39 is 28.7 Å². The molecule has 0 saturated carbocycles. The van der Waals surface area contributed by atoms with Crippen molar-refractivity contribution in [1.29, 1.82) is 0 Å². The summed E-state index contributed by atoms with van der Waals surface area (Å²) in [6.45, 7) is -1.20. The monoisotopic (exact) mass is 477 g/mol. The highest BCUT2D eigenvalue weighted by atomic mass is 32.2. The average Bonchev–Trinajstić information content (AvgIpc) is 3.34. The molecule has 2 aromatic carbocycles. The fraction of sp³-hybridized carbons (Fsp3) is 0.273. The standard InChI is InChI=1S/C22H21F2N3O5S/c1-14(28)20(15-5-3-2-4-6-15)21(29)26-11-16-12-27(25-19(16)13-26)33(30,31)18-9-7-17(8-10-18)32-22(23)24/h2-10,12,14,20,22,28H,11,13H2,1H3. The molecule has 0 spiro atoms. The Morgan fingerprint density at radius 3 is 2.33 bits per heavy atom. The SMILES string of the molecule is CC(O)C(C(=O)N1Cc2cn(S(=O)(=O)c3ccc(OC(F)F)cc3)nc2C1)c1ccccc1. The predicted octanol–water partition coefficient (Wildman–Crippen LogP) is 2.73. The fourth-order valence-electron chi connectivity index (χ4n) is 3.79. The second-order valence-electron chi connectivity index (χ2n) is 7.65. The van der Waals surface area contributed by atoms with Crippen LogP contribution in [0.5, 0.6) is 5.75 Å². The highest BCUT2D eigenvalue weighted by Gasteiger charge is 2.35. The molecule has 1 N–H and O–H groups in total. The maximum Gasteiger partial charge on any atom is 0.387 e. The average molecular weight is 477 g/mol. The van der Waals surface area contributed by atoms with Crippen LogP contribution in [0.4, 0.5) is 8.78 Å². The van der Waals surface area contributed by atoms with Crippen LogP contribution in [0.15, 0.2) is 65.7 Å². The van der Waals surface area contributed by atoms with Crippen LogP contribution in [0, 0.1) is 0 Å². The first-order valence-corrected chi connectivity index (χ1v) is 11.5. The molecule has 1 aliphatic rings. The lowest BCUT2D eigenvalue weighted by molar-refractivity contribution is -0.135. The molecular formula is C22H21F2N3O5S. The number of amides is 1. The Labute approximate surface area is 189 Å². The van der Waals surface area contributed by atoms with Gasteiger partial charge >= 0.3 is 6.61 Å². The van der Waals surface area contributed by atoms with Gasteiger partial charge in [-0.1, -0.05) is 30.3 Å². The number of ether oxygens (including phenoxy) is 1. The van der Waals surface area contributed by atoms with Crippen LogP contribution >= 0.6 is 0 Å². The minimum Gasteiger partial charge on any atom is -0.435 e. The van der Waals surface area contributed by atoms with Crippen molar-refractivity contribution in [3.05, 3.63) is 77.6 Å². The molecule has 8 nitrogen and oxygen atoms in total. The Balaban J connectivity index is 1.51. The van der Waals surface area contributed by atoms with E-state index in [2.05, 4.69) is 9.84 Å². The highest BCUT2D eigenvalue weighted by Crippen LogP contribution is 2.29. The number of rotatable bonds is 7. The number of alkyl halides is 2. The summed E-state index contributed by atoms with van der Waals surface area (Å²) in [5.41, 5.74) is 1.69. The lowest BCUT2D eigenvalue weighted by atomic mass is 9.93. The molecule has 0 radical (unpaired) electrons. The zero-order valence-electron chi connectivity index (χ0n) is 17.5. The summed E-state index contributed by atoms with van der Waals surface area (Å²) in [5, 5.41) is 14.4. The number of carbonyl (C=O) groups is 1. The summed E-state index contributed by atoms with van der Waals surface area (Å²) in [6.07, 6.45) is 0.423. The van der Waals surface area contributed by atoms with Crippen molar-refractivity contribution in [2.45, 2.75) is 43.5 Å². The van der Waals surface area contributed by atoms with E-state index in [0.717, 1.165) is 28.4 Å². The summed E-state index contributed by atoms with van der Waals surface area (Å²) in [6, 6.07) is 13.5. The molecule has 33 heavy (non-hydrogen) atoms. The van der Waals surface area contributed by atoms with Crippen LogP contribution in [0.3, 0.4) is 0 Å². The zero-order valence-corrected chi connectivity index (χ0v) is 18.3. The van der Waals surface area contributed by atoms with Crippen LogP contribution < -0.4 is 4.74 Å². The number of nitrogens with zero attached hydrogens (tertiary/aromatic N) is 3. The van der Waals surface area contributed by atoms with Crippen LogP contribution in [-0.2, 0) is 27.9 Å². The molecule has 2 heterocycles. The van der Waals surface area contributed by atoms with Crippen LogP contribution in [0.1, 0.15) is 29.7 Å². The van der Waals surface area contributed by atoms with Crippen LogP contribution in [0.25, 0.3) is 0 Å². The Kier molecular flexibility index (Phi) is 6.17. The van der Waals surface area contributed by atoms with E-state index in [0.29, 0.717) is 16.8 Å². The van der Waals surface area contributed by atoms with Crippen molar-refractivity contribution < 1.29 is 31.8 Å². The normalized spacial score (nSPS) is 15.4. The summed E-state index contributed by atoms with van der Waals surface area (Å²) in [4.78, 5) is 14.5. The second-order valence-corrected chi connectivity index (χ2v) is 9.45. The molecule has 2 unspecified atom stereocenters. The van der Waals surface area contributed by atoms with Gasteiger partial charge in [0.2, 0.25) is 5.91 Å². The van der Waals surface area contributed by atoms with Crippen molar-refractivity contribution in [1.82, 2.24) is 14.1 Å². The molecule has 174 valence electrons. The summed E-state index contributed by atoms with van der Waals surface area (Å²) in [5.74, 6) is -1.19. The maximum atomic E-state index is 13.1. The van der Waals surface area contributed by atoms with Gasteiger partial charge in [0, 0.05) is 18.3 Å². The smallest absolute Gasteiger partial charge is 0.387 e. The molecule has 3 aromatic rings. The van der Waals surface area contributed by atoms with Gasteiger partial charge in [0.1, 0.15) is 5.75 Å². The number of aromatic nitrogens is 2. The molecule has 1 aromatic heterocycles. The maximum absolute atomic E-state index is 13.1. The lowest BCUT2D eigenvalue weighted by Crippen LogP contribution is -2.36. The zero-order chi connectivity index (χ0) is 23.8. The van der Waals surface area contributed by atoms with Crippen molar-refractivity contribution >= 4 is 15.9 Å². The molecule has 1 aliphatic heterocycles. The first-order valence-electron chi connectivity index (χ1n) is 10.1. The van der Waals surface area contributed by atoms with Crippen LogP contribution in [-0.4, -0.2) is 46.2 Å². The van der Waals surface area contributed by atoms with Gasteiger partial charge < -0.3 is 14.7 Å². The van der Waals surface area contributed by atoms with Gasteiger partial charge in [-0.2, -0.15) is 26.4 Å². The Hall–Kier alpha value is -3.31. The number of fused-ring (bicyclic) bond motifs is 1. The lowest BCUT2D eigenvalue weighted by Gasteiger charge is -2.25. The molecule has 0 fully saturated rings. The minimum atomic E-state index is -4.05. The third kappa shape index (κ3) is 4.60. The minimum absolute atomic E-state index is 0.105. The van der Waals surface area contributed by atoms with Gasteiger partial charge in [0.15, 0.2) is 0 Å². The number of aliphatic hydroxyl groups is 1. The second kappa shape index (κ2) is 8.91. The van der Waals surface area contributed by atoms with Crippen molar-refractivity contribution in [2.24, 2.45) is 0 Å². The van der Waals surface area contributed by atoms with Gasteiger partial charge in [0.05, 0.1) is 29.2 Å². The van der Waals surface area contributed by atoms with Gasteiger partial charge in [0.25, 0.3) is 10.0 Å². The number of benzene rings is 2. The number of carbonyl (C=O) groups excluding carboxylic acids is 1. The largest absolute Gasteiger partial charge is 0.435 e. The summed E-state index contributed by atoms with van der Waals surface area (Å²) >= 11 is 0. The Morgan fingerprint density at radius 1 is 1.09 bits per heavy atom. The van der Waals surface area contributed by atoms with E-state index in [1.807, 2.05) is 6.07 Å². The van der Waals surface area contributed by atoms with E-state index in [9.17, 15) is 27.1 Å². The molecular weight excluding hydrogens is 456 g/mol. The molecule has 1 amide bonds. The molecule has 0 bridgehead atoms. The summed E-state index contributed by atoms with van der Waals surface area (Å²) < 4.78 is 55.4. The van der Waals surface area contributed by atoms with Crippen molar-refractivity contribution in [3.8, 4) is 5.75 Å². The third-order valence-electron chi connectivity index (χ3n) is 5.37. The predicted molar refractivity (Wildman–Crippen MR) is 113 cm³/mol. The Bertz CT molecular complexity index is 1220. The van der Waals surface area contributed by atoms with E-state index in [4.69, 9.17) is 0 Å². The fourth-order valence-corrected chi connectivity index (χ4v) is 4.96. The molecule has 2 atom stereocenters. The number of halogens is 2. The Morgan fingerprint density at radius 2 is 1.76 bits per heavy atom. The first-order chi connectivity index (χ1) is 15.7. The van der Waals surface area contributed by atoms with E-state index in [1.165, 1.54) is 11.1 Å². The number of hydrogen-bond donors (Lipinski definition) is 1. The van der Waals surface area contributed by atoms with Gasteiger partial charge in [-0.15, -0.1) is 0 Å². The summed E-state index contributed by atoms with van der Waals surface area (Å²) in [7, 11) is -4.05. The third-order valence-corrected chi connectivity index (χ3v) is 6.92. The van der Waals surface area contributed by atoms with Gasteiger partial charge in [-0.05, 0) is 36.8 Å². The van der Waals surface area contributed by atoms with Crippen LogP contribution in [0.2, 0.25) is 0 Å². The molecule has 0 saturated heterocycles. The van der Waals surface area contributed by atoms with E-state index >= 15 is 0 Å². The van der Waals surface area contributed by atoms with Gasteiger partial charge in [-0.3, -0.25) is 4.79 Å². The molecule has 11 heteroatoms. The highest BCUT2D eigenvalue weighted by molar-refractivity contribution is 7.89. The van der Waals surface area contributed by atoms with Crippen molar-refractivity contribution in [3.63, 3.8) is 0 Å².